The number of carbonyl (C=O) groups excluding carboxylic acids is 2. The van der Waals surface area contributed by atoms with Crippen LogP contribution in [0.1, 0.15) is 33.3 Å². The molecule has 1 rings (SSSR count). The Bertz CT molecular complexity index is 559. The minimum Gasteiger partial charge on any atom is -0.466 e. The van der Waals surface area contributed by atoms with E-state index in [4.69, 9.17) is 4.74 Å². The lowest BCUT2D eigenvalue weighted by atomic mass is 10.2. The highest BCUT2D eigenvalue weighted by atomic mass is 16.6. The number of esters is 1. The van der Waals surface area contributed by atoms with E-state index >= 15 is 0 Å². The van der Waals surface area contributed by atoms with Crippen LogP contribution in [0.2, 0.25) is 0 Å². The fraction of sp³-hybridized carbons (Fsp3) is 0.400. The van der Waals surface area contributed by atoms with Gasteiger partial charge in [-0.3, -0.25) is 5.32 Å². The number of rotatable bonds is 3. The SMILES string of the molecule is COC(=O)/C(C)=C/c1ccnc(NC(=O)OC(C)(C)C)c1. The van der Waals surface area contributed by atoms with Crippen molar-refractivity contribution in [2.24, 2.45) is 0 Å². The number of methoxy groups -OCH3 is 1. The van der Waals surface area contributed by atoms with Crippen molar-refractivity contribution < 1.29 is 19.1 Å². The molecule has 1 aromatic rings. The number of hydrogen-bond acceptors (Lipinski definition) is 5. The highest BCUT2D eigenvalue weighted by molar-refractivity contribution is 5.93. The molecule has 0 aliphatic heterocycles. The summed E-state index contributed by atoms with van der Waals surface area (Å²) in [5.41, 5.74) is 0.592. The van der Waals surface area contributed by atoms with Crippen LogP contribution in [-0.2, 0) is 14.3 Å². The van der Waals surface area contributed by atoms with Crippen LogP contribution in [0.15, 0.2) is 23.9 Å². The van der Waals surface area contributed by atoms with E-state index in [1.165, 1.54) is 13.3 Å². The lowest BCUT2D eigenvalue weighted by molar-refractivity contribution is -0.135. The molecule has 0 saturated heterocycles. The monoisotopic (exact) mass is 292 g/mol. The summed E-state index contributed by atoms with van der Waals surface area (Å²) in [5, 5.41) is 2.54. The van der Waals surface area contributed by atoms with Crippen LogP contribution in [0, 0.1) is 0 Å². The number of aromatic nitrogens is 1. The molecule has 1 aromatic heterocycles. The number of pyridine rings is 1. The second-order valence-corrected chi connectivity index (χ2v) is 5.42. The summed E-state index contributed by atoms with van der Waals surface area (Å²) in [4.78, 5) is 27.0. The first-order valence-corrected chi connectivity index (χ1v) is 6.44. The predicted octanol–water partition coefficient (Wildman–Crippen LogP) is 3.00. The standard InChI is InChI=1S/C15H20N2O4/c1-10(13(18)20-5)8-11-6-7-16-12(9-11)17-14(19)21-15(2,3)4/h6-9H,1-5H3,(H,16,17,19)/b10-8+. The molecule has 1 amide bonds. The van der Waals surface area contributed by atoms with Gasteiger partial charge in [0.05, 0.1) is 7.11 Å². The van der Waals surface area contributed by atoms with E-state index in [9.17, 15) is 9.59 Å². The zero-order valence-electron chi connectivity index (χ0n) is 12.9. The van der Waals surface area contributed by atoms with E-state index in [0.29, 0.717) is 11.4 Å². The van der Waals surface area contributed by atoms with Gasteiger partial charge in [0.2, 0.25) is 0 Å². The molecule has 0 spiro atoms. The molecule has 0 aliphatic carbocycles. The smallest absolute Gasteiger partial charge is 0.413 e. The molecule has 0 bridgehead atoms. The molecule has 0 aromatic carbocycles. The minimum absolute atomic E-state index is 0.343. The molecule has 1 heterocycles. The Morgan fingerprint density at radius 1 is 1.33 bits per heavy atom. The molecular weight excluding hydrogens is 272 g/mol. The molecule has 0 atom stereocenters. The van der Waals surface area contributed by atoms with Crippen molar-refractivity contribution in [1.82, 2.24) is 4.98 Å². The Labute approximate surface area is 124 Å². The summed E-state index contributed by atoms with van der Waals surface area (Å²) in [6, 6.07) is 3.35. The number of ether oxygens (including phenoxy) is 2. The first-order chi connectivity index (χ1) is 9.71. The van der Waals surface area contributed by atoms with Crippen LogP contribution in [0.25, 0.3) is 6.08 Å². The average Bonchev–Trinajstić information content (AvgIpc) is 2.35. The normalized spacial score (nSPS) is 11.8. The fourth-order valence-electron chi connectivity index (χ4n) is 1.48. The first kappa shape index (κ1) is 16.7. The molecule has 6 heteroatoms. The Morgan fingerprint density at radius 3 is 2.57 bits per heavy atom. The van der Waals surface area contributed by atoms with Crippen LogP contribution < -0.4 is 5.32 Å². The molecule has 0 unspecified atom stereocenters. The quantitative estimate of drug-likeness (QED) is 0.684. The van der Waals surface area contributed by atoms with Gasteiger partial charge in [-0.15, -0.1) is 0 Å². The lowest BCUT2D eigenvalue weighted by Gasteiger charge is -2.19. The zero-order valence-corrected chi connectivity index (χ0v) is 12.9. The third kappa shape index (κ3) is 6.07. The van der Waals surface area contributed by atoms with Gasteiger partial charge in [0, 0.05) is 11.8 Å². The number of nitrogens with one attached hydrogen (secondary N) is 1. The van der Waals surface area contributed by atoms with Gasteiger partial charge in [0.25, 0.3) is 0 Å². The molecule has 1 N–H and O–H groups in total. The van der Waals surface area contributed by atoms with Gasteiger partial charge < -0.3 is 9.47 Å². The molecule has 21 heavy (non-hydrogen) atoms. The number of nitrogens with zero attached hydrogens (tertiary/aromatic N) is 1. The van der Waals surface area contributed by atoms with E-state index in [0.717, 1.165) is 5.56 Å². The fourth-order valence-corrected chi connectivity index (χ4v) is 1.48. The molecule has 6 nitrogen and oxygen atoms in total. The molecular formula is C15H20N2O4. The molecule has 0 aliphatic rings. The summed E-state index contributed by atoms with van der Waals surface area (Å²) >= 11 is 0. The molecule has 0 saturated carbocycles. The highest BCUT2D eigenvalue weighted by Gasteiger charge is 2.16. The van der Waals surface area contributed by atoms with Gasteiger partial charge in [0.1, 0.15) is 11.4 Å². The van der Waals surface area contributed by atoms with Crippen LogP contribution in [0.3, 0.4) is 0 Å². The third-order valence-corrected chi connectivity index (χ3v) is 2.30. The van der Waals surface area contributed by atoms with Crippen molar-refractivity contribution in [2.45, 2.75) is 33.3 Å². The molecule has 114 valence electrons. The van der Waals surface area contributed by atoms with E-state index in [1.807, 2.05) is 0 Å². The topological polar surface area (TPSA) is 77.5 Å². The summed E-state index contributed by atoms with van der Waals surface area (Å²) in [5.74, 6) is -0.0656. The third-order valence-electron chi connectivity index (χ3n) is 2.30. The van der Waals surface area contributed by atoms with E-state index in [-0.39, 0.29) is 0 Å². The Kier molecular flexibility index (Phi) is 5.46. The van der Waals surface area contributed by atoms with Crippen LogP contribution >= 0.6 is 0 Å². The maximum Gasteiger partial charge on any atom is 0.413 e. The summed E-state index contributed by atoms with van der Waals surface area (Å²) < 4.78 is 9.76. The van der Waals surface area contributed by atoms with Crippen molar-refractivity contribution >= 4 is 24.0 Å². The lowest BCUT2D eigenvalue weighted by Crippen LogP contribution is -2.27. The van der Waals surface area contributed by atoms with Crippen LogP contribution in [0.4, 0.5) is 10.6 Å². The summed E-state index contributed by atoms with van der Waals surface area (Å²) in [6.07, 6.45) is 2.59. The second-order valence-electron chi connectivity index (χ2n) is 5.42. The Morgan fingerprint density at radius 2 is 2.00 bits per heavy atom. The van der Waals surface area contributed by atoms with Crippen molar-refractivity contribution in [2.75, 3.05) is 12.4 Å². The largest absolute Gasteiger partial charge is 0.466 e. The minimum atomic E-state index is -0.583. The van der Waals surface area contributed by atoms with Crippen LogP contribution in [-0.4, -0.2) is 29.8 Å². The summed E-state index contributed by atoms with van der Waals surface area (Å²) in [7, 11) is 1.32. The number of anilines is 1. The molecule has 0 radical (unpaired) electrons. The Hall–Kier alpha value is -2.37. The molecule has 0 fully saturated rings. The Balaban J connectivity index is 2.82. The van der Waals surface area contributed by atoms with Gasteiger partial charge in [-0.05, 0) is 51.5 Å². The predicted molar refractivity (Wildman–Crippen MR) is 79.8 cm³/mol. The summed E-state index contributed by atoms with van der Waals surface area (Å²) in [6.45, 7) is 6.98. The van der Waals surface area contributed by atoms with Gasteiger partial charge in [0.15, 0.2) is 0 Å². The van der Waals surface area contributed by atoms with Crippen LogP contribution in [0.5, 0.6) is 0 Å². The first-order valence-electron chi connectivity index (χ1n) is 6.44. The van der Waals surface area contributed by atoms with E-state index in [2.05, 4.69) is 15.0 Å². The van der Waals surface area contributed by atoms with Crippen molar-refractivity contribution in [3.63, 3.8) is 0 Å². The van der Waals surface area contributed by atoms with Crippen molar-refractivity contribution in [1.29, 1.82) is 0 Å². The van der Waals surface area contributed by atoms with E-state index in [1.54, 1.807) is 45.9 Å². The maximum absolute atomic E-state index is 11.7. The maximum atomic E-state index is 11.7. The number of hydrogen-bond donors (Lipinski definition) is 1. The van der Waals surface area contributed by atoms with Gasteiger partial charge in [-0.25, -0.2) is 14.6 Å². The zero-order chi connectivity index (χ0) is 16.0. The number of amides is 1. The number of carbonyl (C=O) groups is 2. The van der Waals surface area contributed by atoms with E-state index < -0.39 is 17.7 Å². The van der Waals surface area contributed by atoms with Gasteiger partial charge >= 0.3 is 12.1 Å². The van der Waals surface area contributed by atoms with Gasteiger partial charge in [-0.2, -0.15) is 0 Å². The van der Waals surface area contributed by atoms with Gasteiger partial charge in [-0.1, -0.05) is 0 Å². The highest BCUT2D eigenvalue weighted by Crippen LogP contribution is 2.13. The van der Waals surface area contributed by atoms with Crippen molar-refractivity contribution in [3.8, 4) is 0 Å². The average molecular weight is 292 g/mol. The van der Waals surface area contributed by atoms with Crippen molar-refractivity contribution in [3.05, 3.63) is 29.5 Å². The second kappa shape index (κ2) is 6.88.